The molecule has 2 rings (SSSR count). The predicted octanol–water partition coefficient (Wildman–Crippen LogP) is 5.68. The van der Waals surface area contributed by atoms with Crippen LogP contribution >= 0.6 is 0 Å². The summed E-state index contributed by atoms with van der Waals surface area (Å²) in [5.41, 5.74) is 0. The van der Waals surface area contributed by atoms with E-state index in [4.69, 9.17) is 28.4 Å². The Hall–Kier alpha value is -1.53. The number of esters is 1. The number of aliphatic hydroxyl groups excluding tert-OH is 7. The lowest BCUT2D eigenvalue weighted by Gasteiger charge is -2.42. The molecular formula is C46H84O14. The van der Waals surface area contributed by atoms with Crippen molar-refractivity contribution in [3.8, 4) is 0 Å². The molecule has 14 nitrogen and oxygen atoms in total. The minimum Gasteiger partial charge on any atom is -0.457 e. The monoisotopic (exact) mass is 861 g/mol. The van der Waals surface area contributed by atoms with Crippen LogP contribution in [0.15, 0.2) is 24.3 Å². The third-order valence-electron chi connectivity index (χ3n) is 11.2. The van der Waals surface area contributed by atoms with Gasteiger partial charge < -0.3 is 64.2 Å². The Kier molecular flexibility index (Phi) is 31.8. The first-order valence-electron chi connectivity index (χ1n) is 23.4. The second kappa shape index (κ2) is 34.9. The number of hydrogen-bond acceptors (Lipinski definition) is 14. The molecule has 2 saturated heterocycles. The normalized spacial score (nSPS) is 27.9. The predicted molar refractivity (Wildman–Crippen MR) is 229 cm³/mol. The smallest absolute Gasteiger partial charge is 0.306 e. The summed E-state index contributed by atoms with van der Waals surface area (Å²) >= 11 is 0. The Bertz CT molecular complexity index is 1090. The molecule has 11 atom stereocenters. The SMILES string of the molecule is CCCCC/C=C\CCCCCCCC(=O)OC(COCCCCCCCC/C=C\CCCCCC)COC1OC(COC2OC(CO)C(O)C(O)C2O)C(O)C(O)C1O. The molecule has 0 bridgehead atoms. The Balaban J connectivity index is 1.81. The zero-order valence-corrected chi connectivity index (χ0v) is 36.9. The highest BCUT2D eigenvalue weighted by Gasteiger charge is 2.47. The number of ether oxygens (including phenoxy) is 6. The molecule has 0 amide bonds. The molecule has 0 aromatic heterocycles. The van der Waals surface area contributed by atoms with Crippen LogP contribution in [0.3, 0.4) is 0 Å². The minimum absolute atomic E-state index is 0.0557. The van der Waals surface area contributed by atoms with Crippen molar-refractivity contribution in [3.63, 3.8) is 0 Å². The van der Waals surface area contributed by atoms with Crippen LogP contribution in [0.4, 0.5) is 0 Å². The molecule has 2 aliphatic heterocycles. The van der Waals surface area contributed by atoms with Crippen LogP contribution in [-0.2, 0) is 33.2 Å². The quantitative estimate of drug-likeness (QED) is 0.0230. The fraction of sp³-hybridized carbons (Fsp3) is 0.891. The first-order chi connectivity index (χ1) is 29.1. The first kappa shape index (κ1) is 54.6. The van der Waals surface area contributed by atoms with Gasteiger partial charge in [0.15, 0.2) is 12.6 Å². The Morgan fingerprint density at radius 2 is 0.983 bits per heavy atom. The molecule has 352 valence electrons. The van der Waals surface area contributed by atoms with Crippen molar-refractivity contribution in [2.75, 3.05) is 33.0 Å². The van der Waals surface area contributed by atoms with E-state index in [2.05, 4.69) is 38.2 Å². The molecular weight excluding hydrogens is 776 g/mol. The maximum absolute atomic E-state index is 12.9. The van der Waals surface area contributed by atoms with Crippen LogP contribution in [0.5, 0.6) is 0 Å². The number of unbranched alkanes of at least 4 members (excludes halogenated alkanes) is 18. The highest BCUT2D eigenvalue weighted by molar-refractivity contribution is 5.69. The van der Waals surface area contributed by atoms with Gasteiger partial charge in [0.05, 0.1) is 26.4 Å². The molecule has 0 aliphatic carbocycles. The largest absolute Gasteiger partial charge is 0.457 e. The number of allylic oxidation sites excluding steroid dienone is 4. The van der Waals surface area contributed by atoms with E-state index in [-0.39, 0.29) is 25.6 Å². The second-order valence-corrected chi connectivity index (χ2v) is 16.6. The van der Waals surface area contributed by atoms with Gasteiger partial charge in [0.25, 0.3) is 0 Å². The molecule has 11 unspecified atom stereocenters. The summed E-state index contributed by atoms with van der Waals surface area (Å²) in [6.07, 6.45) is 18.2. The van der Waals surface area contributed by atoms with E-state index in [0.29, 0.717) is 13.0 Å². The molecule has 14 heteroatoms. The van der Waals surface area contributed by atoms with Crippen molar-refractivity contribution in [2.24, 2.45) is 0 Å². The summed E-state index contributed by atoms with van der Waals surface area (Å²) in [6, 6.07) is 0. The van der Waals surface area contributed by atoms with E-state index in [0.717, 1.165) is 64.2 Å². The van der Waals surface area contributed by atoms with E-state index >= 15 is 0 Å². The second-order valence-electron chi connectivity index (χ2n) is 16.6. The summed E-state index contributed by atoms with van der Waals surface area (Å²) in [7, 11) is 0. The van der Waals surface area contributed by atoms with Crippen molar-refractivity contribution < 1.29 is 69.0 Å². The lowest BCUT2D eigenvalue weighted by Crippen LogP contribution is -2.61. The molecule has 2 fully saturated rings. The summed E-state index contributed by atoms with van der Waals surface area (Å²) in [5.74, 6) is -0.389. The standard InChI is InChI=1S/C46H84O14/c1-3-5-7-9-11-13-15-17-18-20-22-24-26-28-30-55-32-35(58-38(48)29-27-25-23-21-19-16-14-12-10-8-6-4-2)33-56-45-44(54)42(52)40(50)37(60-45)34-57-46-43(53)41(51)39(49)36(31-47)59-46/h12-15,35-37,39-47,49-54H,3-11,16-34H2,1-2H3/b14-12-,15-13-. The van der Waals surface area contributed by atoms with Gasteiger partial charge in [-0.2, -0.15) is 0 Å². The number of rotatable bonds is 36. The van der Waals surface area contributed by atoms with Crippen LogP contribution in [0, 0.1) is 0 Å². The van der Waals surface area contributed by atoms with Gasteiger partial charge in [0.1, 0.15) is 54.9 Å². The Labute approximate surface area is 360 Å². The van der Waals surface area contributed by atoms with Gasteiger partial charge in [0.2, 0.25) is 0 Å². The highest BCUT2D eigenvalue weighted by Crippen LogP contribution is 2.26. The van der Waals surface area contributed by atoms with E-state index < -0.39 is 80.7 Å². The molecule has 2 aliphatic rings. The number of carbonyl (C=O) groups is 1. The van der Waals surface area contributed by atoms with Gasteiger partial charge in [-0.1, -0.05) is 115 Å². The van der Waals surface area contributed by atoms with Gasteiger partial charge in [-0.25, -0.2) is 0 Å². The van der Waals surface area contributed by atoms with Gasteiger partial charge >= 0.3 is 5.97 Å². The molecule has 2 heterocycles. The lowest BCUT2D eigenvalue weighted by molar-refractivity contribution is -0.332. The summed E-state index contributed by atoms with van der Waals surface area (Å²) < 4.78 is 34.1. The van der Waals surface area contributed by atoms with Crippen LogP contribution in [0.1, 0.15) is 162 Å². The van der Waals surface area contributed by atoms with Crippen molar-refractivity contribution in [1.29, 1.82) is 0 Å². The summed E-state index contributed by atoms with van der Waals surface area (Å²) in [5, 5.41) is 71.9. The minimum atomic E-state index is -1.71. The van der Waals surface area contributed by atoms with E-state index in [1.165, 1.54) is 70.6 Å². The van der Waals surface area contributed by atoms with E-state index in [9.17, 15) is 40.5 Å². The average Bonchev–Trinajstić information content (AvgIpc) is 3.24. The fourth-order valence-electron chi connectivity index (χ4n) is 7.27. The molecule has 0 aromatic carbocycles. The van der Waals surface area contributed by atoms with Gasteiger partial charge in [0, 0.05) is 13.0 Å². The summed E-state index contributed by atoms with van der Waals surface area (Å²) in [6.45, 7) is 3.61. The van der Waals surface area contributed by atoms with Gasteiger partial charge in [-0.3, -0.25) is 4.79 Å². The molecule has 7 N–H and O–H groups in total. The fourth-order valence-corrected chi connectivity index (χ4v) is 7.27. The maximum Gasteiger partial charge on any atom is 0.306 e. The molecule has 60 heavy (non-hydrogen) atoms. The Morgan fingerprint density at radius 3 is 1.55 bits per heavy atom. The van der Waals surface area contributed by atoms with Crippen molar-refractivity contribution in [1.82, 2.24) is 0 Å². The van der Waals surface area contributed by atoms with Crippen molar-refractivity contribution >= 4 is 5.97 Å². The molecule has 0 spiro atoms. The lowest BCUT2D eigenvalue weighted by atomic mass is 9.98. The molecule has 0 saturated carbocycles. The third kappa shape index (κ3) is 23.2. The van der Waals surface area contributed by atoms with Crippen LogP contribution in [0.2, 0.25) is 0 Å². The van der Waals surface area contributed by atoms with E-state index in [1.807, 2.05) is 0 Å². The van der Waals surface area contributed by atoms with Gasteiger partial charge in [-0.15, -0.1) is 0 Å². The van der Waals surface area contributed by atoms with Crippen LogP contribution in [0.25, 0.3) is 0 Å². The topological polar surface area (TPSA) is 214 Å². The highest BCUT2D eigenvalue weighted by atomic mass is 16.7. The first-order valence-corrected chi connectivity index (χ1v) is 23.4. The van der Waals surface area contributed by atoms with Crippen LogP contribution in [-0.4, -0.2) is 142 Å². The van der Waals surface area contributed by atoms with Crippen molar-refractivity contribution in [2.45, 2.75) is 229 Å². The zero-order chi connectivity index (χ0) is 43.8. The van der Waals surface area contributed by atoms with Crippen molar-refractivity contribution in [3.05, 3.63) is 24.3 Å². The molecule has 0 radical (unpaired) electrons. The Morgan fingerprint density at radius 1 is 0.533 bits per heavy atom. The number of hydrogen-bond donors (Lipinski definition) is 7. The summed E-state index contributed by atoms with van der Waals surface area (Å²) in [4.78, 5) is 12.9. The van der Waals surface area contributed by atoms with E-state index in [1.54, 1.807) is 0 Å². The molecule has 0 aromatic rings. The third-order valence-corrected chi connectivity index (χ3v) is 11.2. The van der Waals surface area contributed by atoms with Crippen LogP contribution < -0.4 is 0 Å². The number of carbonyl (C=O) groups excluding carboxylic acids is 1. The van der Waals surface area contributed by atoms with Gasteiger partial charge in [-0.05, 0) is 64.2 Å². The number of aliphatic hydroxyl groups is 7. The zero-order valence-electron chi connectivity index (χ0n) is 36.9. The maximum atomic E-state index is 12.9. The average molecular weight is 861 g/mol.